The smallest absolute Gasteiger partial charge is 0.257 e. The third kappa shape index (κ3) is 2.99. The molecule has 0 saturated carbocycles. The van der Waals surface area contributed by atoms with Crippen molar-refractivity contribution in [3.8, 4) is 11.5 Å². The average molecular weight is 285 g/mol. The van der Waals surface area contributed by atoms with E-state index in [-0.39, 0.29) is 29.0 Å². The predicted molar refractivity (Wildman–Crippen MR) is 81.5 cm³/mol. The Kier molecular flexibility index (Phi) is 4.17. The van der Waals surface area contributed by atoms with E-state index < -0.39 is 0 Å². The number of hydrogen-bond acceptors (Lipinski definition) is 3. The molecule has 2 aromatic carbocycles. The van der Waals surface area contributed by atoms with Crippen LogP contribution < -0.4 is 0 Å². The van der Waals surface area contributed by atoms with Crippen LogP contribution in [0.5, 0.6) is 11.5 Å². The lowest BCUT2D eigenvalue weighted by atomic mass is 10.0. The van der Waals surface area contributed by atoms with E-state index in [1.54, 1.807) is 43.4 Å². The quantitative estimate of drug-likeness (QED) is 0.910. The number of carbonyl (C=O) groups excluding carboxylic acids is 1. The van der Waals surface area contributed by atoms with Gasteiger partial charge in [0.15, 0.2) is 0 Å². The molecular weight excluding hydrogens is 266 g/mol. The molecule has 0 aliphatic heterocycles. The summed E-state index contributed by atoms with van der Waals surface area (Å²) in [6, 6.07) is 11.6. The van der Waals surface area contributed by atoms with E-state index in [1.807, 2.05) is 19.9 Å². The van der Waals surface area contributed by atoms with Crippen molar-refractivity contribution in [2.45, 2.75) is 19.9 Å². The Morgan fingerprint density at radius 3 is 2.38 bits per heavy atom. The summed E-state index contributed by atoms with van der Waals surface area (Å²) < 4.78 is 0. The number of nitrogens with zero attached hydrogens (tertiary/aromatic N) is 1. The van der Waals surface area contributed by atoms with Crippen LogP contribution in [0.1, 0.15) is 34.5 Å². The SMILES string of the molecule is Cc1ccc(C(=O)N(C)C(C)c2ccccc2O)c(O)c1. The van der Waals surface area contributed by atoms with Crippen molar-refractivity contribution in [1.29, 1.82) is 0 Å². The molecule has 0 radical (unpaired) electrons. The summed E-state index contributed by atoms with van der Waals surface area (Å²) in [4.78, 5) is 14.0. The molecule has 0 aliphatic rings. The van der Waals surface area contributed by atoms with Gasteiger partial charge in [0.25, 0.3) is 5.91 Å². The molecule has 2 aromatic rings. The Balaban J connectivity index is 2.29. The maximum Gasteiger partial charge on any atom is 0.257 e. The Morgan fingerprint density at radius 1 is 1.10 bits per heavy atom. The van der Waals surface area contributed by atoms with Gasteiger partial charge in [0.05, 0.1) is 11.6 Å². The fraction of sp³-hybridized carbons (Fsp3) is 0.235. The maximum atomic E-state index is 12.5. The van der Waals surface area contributed by atoms with Crippen LogP contribution in [0, 0.1) is 6.92 Å². The molecule has 0 heterocycles. The highest BCUT2D eigenvalue weighted by Gasteiger charge is 2.22. The van der Waals surface area contributed by atoms with Crippen molar-refractivity contribution in [3.63, 3.8) is 0 Å². The minimum atomic E-state index is -0.306. The highest BCUT2D eigenvalue weighted by Crippen LogP contribution is 2.29. The van der Waals surface area contributed by atoms with Crippen molar-refractivity contribution in [3.05, 3.63) is 59.2 Å². The van der Waals surface area contributed by atoms with Gasteiger partial charge < -0.3 is 15.1 Å². The number of hydrogen-bond donors (Lipinski definition) is 2. The standard InChI is InChI=1S/C17H19NO3/c1-11-8-9-14(16(20)10-11)17(21)18(3)12(2)13-6-4-5-7-15(13)19/h4-10,12,19-20H,1-3H3. The molecule has 0 bridgehead atoms. The molecule has 2 rings (SSSR count). The fourth-order valence-corrected chi connectivity index (χ4v) is 2.24. The molecule has 0 spiro atoms. The van der Waals surface area contributed by atoms with Crippen LogP contribution >= 0.6 is 0 Å². The van der Waals surface area contributed by atoms with Gasteiger partial charge in [-0.1, -0.05) is 24.3 Å². The van der Waals surface area contributed by atoms with Gasteiger partial charge in [0, 0.05) is 12.6 Å². The zero-order chi connectivity index (χ0) is 15.6. The lowest BCUT2D eigenvalue weighted by Crippen LogP contribution is -2.29. The van der Waals surface area contributed by atoms with Gasteiger partial charge >= 0.3 is 0 Å². The second kappa shape index (κ2) is 5.87. The summed E-state index contributed by atoms with van der Waals surface area (Å²) in [5, 5.41) is 19.8. The Labute approximate surface area is 124 Å². The molecule has 1 atom stereocenters. The van der Waals surface area contributed by atoms with Crippen LogP contribution in [-0.2, 0) is 0 Å². The molecule has 4 heteroatoms. The summed E-state index contributed by atoms with van der Waals surface area (Å²) >= 11 is 0. The minimum absolute atomic E-state index is 0.0312. The number of phenols is 2. The largest absolute Gasteiger partial charge is 0.508 e. The number of aryl methyl sites for hydroxylation is 1. The van der Waals surface area contributed by atoms with Crippen molar-refractivity contribution in [2.24, 2.45) is 0 Å². The number of aromatic hydroxyl groups is 2. The molecule has 0 fully saturated rings. The number of rotatable bonds is 3. The lowest BCUT2D eigenvalue weighted by Gasteiger charge is -2.26. The Hall–Kier alpha value is -2.49. The van der Waals surface area contributed by atoms with Crippen LogP contribution in [0.15, 0.2) is 42.5 Å². The summed E-state index contributed by atoms with van der Waals surface area (Å²) in [5.74, 6) is -0.169. The lowest BCUT2D eigenvalue weighted by molar-refractivity contribution is 0.0738. The highest BCUT2D eigenvalue weighted by atomic mass is 16.3. The van der Waals surface area contributed by atoms with Gasteiger partial charge in [-0.25, -0.2) is 0 Å². The van der Waals surface area contributed by atoms with E-state index in [0.29, 0.717) is 5.56 Å². The topological polar surface area (TPSA) is 60.8 Å². The molecule has 0 saturated heterocycles. The summed E-state index contributed by atoms with van der Waals surface area (Å²) in [7, 11) is 1.65. The van der Waals surface area contributed by atoms with Crippen LogP contribution in [0.4, 0.5) is 0 Å². The summed E-state index contributed by atoms with van der Waals surface area (Å²) in [5.41, 5.74) is 1.81. The normalized spacial score (nSPS) is 12.0. The first-order valence-corrected chi connectivity index (χ1v) is 6.76. The van der Waals surface area contributed by atoms with Gasteiger partial charge in [-0.3, -0.25) is 4.79 Å². The maximum absolute atomic E-state index is 12.5. The molecule has 0 aromatic heterocycles. The summed E-state index contributed by atoms with van der Waals surface area (Å²) in [6.45, 7) is 3.68. The second-order valence-corrected chi connectivity index (χ2v) is 5.17. The highest BCUT2D eigenvalue weighted by molar-refractivity contribution is 5.97. The molecule has 4 nitrogen and oxygen atoms in total. The first-order valence-electron chi connectivity index (χ1n) is 6.76. The zero-order valence-electron chi connectivity index (χ0n) is 12.4. The Bertz CT molecular complexity index is 667. The van der Waals surface area contributed by atoms with E-state index >= 15 is 0 Å². The fourth-order valence-electron chi connectivity index (χ4n) is 2.24. The number of phenolic OH excluding ortho intramolecular Hbond substituents is 2. The zero-order valence-corrected chi connectivity index (χ0v) is 12.4. The van der Waals surface area contributed by atoms with Gasteiger partial charge in [-0.15, -0.1) is 0 Å². The van der Waals surface area contributed by atoms with E-state index in [0.717, 1.165) is 5.56 Å². The van der Waals surface area contributed by atoms with Gasteiger partial charge in [-0.05, 0) is 37.6 Å². The van der Waals surface area contributed by atoms with Crippen LogP contribution in [0.3, 0.4) is 0 Å². The second-order valence-electron chi connectivity index (χ2n) is 5.17. The van der Waals surface area contributed by atoms with Crippen LogP contribution in [0.2, 0.25) is 0 Å². The number of amides is 1. The Morgan fingerprint density at radius 2 is 1.76 bits per heavy atom. The molecule has 21 heavy (non-hydrogen) atoms. The summed E-state index contributed by atoms with van der Waals surface area (Å²) in [6.07, 6.45) is 0. The van der Waals surface area contributed by atoms with E-state index in [4.69, 9.17) is 0 Å². The molecule has 0 aliphatic carbocycles. The van der Waals surface area contributed by atoms with Crippen molar-refractivity contribution in [1.82, 2.24) is 4.90 Å². The predicted octanol–water partition coefficient (Wildman–Crippen LogP) is 3.24. The molecule has 1 unspecified atom stereocenters. The molecule has 110 valence electrons. The number of para-hydroxylation sites is 1. The van der Waals surface area contributed by atoms with Gasteiger partial charge in [0.1, 0.15) is 11.5 Å². The number of benzene rings is 2. The van der Waals surface area contributed by atoms with Crippen LogP contribution in [-0.4, -0.2) is 28.1 Å². The van der Waals surface area contributed by atoms with E-state index in [1.165, 1.54) is 4.90 Å². The first kappa shape index (κ1) is 14.9. The van der Waals surface area contributed by atoms with E-state index in [2.05, 4.69) is 0 Å². The van der Waals surface area contributed by atoms with Gasteiger partial charge in [-0.2, -0.15) is 0 Å². The third-order valence-corrected chi connectivity index (χ3v) is 3.67. The molecule has 2 N–H and O–H groups in total. The minimum Gasteiger partial charge on any atom is -0.508 e. The van der Waals surface area contributed by atoms with E-state index in [9.17, 15) is 15.0 Å². The van der Waals surface area contributed by atoms with Crippen molar-refractivity contribution >= 4 is 5.91 Å². The molecular formula is C17H19NO3. The monoisotopic (exact) mass is 285 g/mol. The first-order chi connectivity index (χ1) is 9.91. The molecule has 1 amide bonds. The van der Waals surface area contributed by atoms with Gasteiger partial charge in [0.2, 0.25) is 0 Å². The third-order valence-electron chi connectivity index (χ3n) is 3.67. The average Bonchev–Trinajstić information content (AvgIpc) is 2.45. The van der Waals surface area contributed by atoms with Crippen molar-refractivity contribution in [2.75, 3.05) is 7.05 Å². The van der Waals surface area contributed by atoms with Crippen molar-refractivity contribution < 1.29 is 15.0 Å². The van der Waals surface area contributed by atoms with Crippen LogP contribution in [0.25, 0.3) is 0 Å². The number of carbonyl (C=O) groups is 1.